The maximum atomic E-state index is 12.8. The Morgan fingerprint density at radius 3 is 2.70 bits per heavy atom. The molecule has 1 amide bonds. The van der Waals surface area contributed by atoms with Gasteiger partial charge in [-0.15, -0.1) is 0 Å². The molecule has 1 unspecified atom stereocenters. The third-order valence-corrected chi connectivity index (χ3v) is 5.06. The molecule has 0 saturated carbocycles. The molecule has 1 saturated heterocycles. The van der Waals surface area contributed by atoms with Gasteiger partial charge in [-0.2, -0.15) is 5.26 Å². The number of nitrogens with zero attached hydrogens (tertiary/aromatic N) is 2. The van der Waals surface area contributed by atoms with Gasteiger partial charge in [0.1, 0.15) is 11.3 Å². The fraction of sp³-hybridized carbons (Fsp3) is 0.476. The number of rotatable bonds is 4. The van der Waals surface area contributed by atoms with Gasteiger partial charge in [-0.1, -0.05) is 6.92 Å². The molecule has 0 radical (unpaired) electrons. The Kier molecular flexibility index (Phi) is 5.50. The molecule has 0 N–H and O–H groups in total. The normalized spacial score (nSPS) is 16.1. The van der Waals surface area contributed by atoms with Gasteiger partial charge in [0, 0.05) is 25.1 Å². The second-order valence-corrected chi connectivity index (χ2v) is 7.07. The molecule has 1 fully saturated rings. The molecule has 6 nitrogen and oxygen atoms in total. The fourth-order valence-electron chi connectivity index (χ4n) is 3.57. The van der Waals surface area contributed by atoms with Crippen molar-refractivity contribution in [3.8, 4) is 11.8 Å². The van der Waals surface area contributed by atoms with Crippen LogP contribution >= 0.6 is 0 Å². The number of carbonyl (C=O) groups is 1. The van der Waals surface area contributed by atoms with Gasteiger partial charge >= 0.3 is 5.63 Å². The van der Waals surface area contributed by atoms with Crippen molar-refractivity contribution in [3.63, 3.8) is 0 Å². The molecule has 0 spiro atoms. The van der Waals surface area contributed by atoms with Crippen LogP contribution in [0.2, 0.25) is 0 Å². The van der Waals surface area contributed by atoms with Crippen LogP contribution in [0, 0.1) is 24.2 Å². The van der Waals surface area contributed by atoms with E-state index in [0.29, 0.717) is 43.7 Å². The molecule has 2 aromatic rings. The molecule has 1 aliphatic heterocycles. The average molecular weight is 368 g/mol. The molecule has 6 heteroatoms. The lowest BCUT2D eigenvalue weighted by Gasteiger charge is -2.31. The summed E-state index contributed by atoms with van der Waals surface area (Å²) in [6.45, 7) is 6.75. The zero-order valence-electron chi connectivity index (χ0n) is 15.9. The lowest BCUT2D eigenvalue weighted by Crippen LogP contribution is -2.44. The van der Waals surface area contributed by atoms with Crippen molar-refractivity contribution >= 4 is 16.9 Å². The van der Waals surface area contributed by atoms with Gasteiger partial charge in [0.2, 0.25) is 0 Å². The summed E-state index contributed by atoms with van der Waals surface area (Å²) < 4.78 is 11.4. The van der Waals surface area contributed by atoms with Crippen LogP contribution in [0.5, 0.6) is 5.75 Å². The fourth-order valence-corrected chi connectivity index (χ4v) is 3.57. The van der Waals surface area contributed by atoms with Crippen molar-refractivity contribution in [1.82, 2.24) is 4.90 Å². The van der Waals surface area contributed by atoms with E-state index in [1.807, 2.05) is 26.0 Å². The number of hydrogen-bond donors (Lipinski definition) is 0. The minimum atomic E-state index is -0.662. The molecular weight excluding hydrogens is 344 g/mol. The molecular formula is C21H24N2O4. The first-order valence-corrected chi connectivity index (χ1v) is 9.35. The van der Waals surface area contributed by atoms with Gasteiger partial charge in [0.15, 0.2) is 6.10 Å². The predicted octanol–water partition coefficient (Wildman–Crippen LogP) is 3.19. The first-order chi connectivity index (χ1) is 12.9. The topological polar surface area (TPSA) is 83.5 Å². The summed E-state index contributed by atoms with van der Waals surface area (Å²) in [7, 11) is 0. The minimum Gasteiger partial charge on any atom is -0.480 e. The lowest BCUT2D eigenvalue weighted by atomic mass is 9.98. The van der Waals surface area contributed by atoms with E-state index in [1.54, 1.807) is 11.8 Å². The third kappa shape index (κ3) is 3.97. The maximum Gasteiger partial charge on any atom is 0.336 e. The number of aryl methyl sites for hydroxylation is 2. The molecule has 0 bridgehead atoms. The van der Waals surface area contributed by atoms with Crippen LogP contribution in [0.25, 0.3) is 11.0 Å². The first-order valence-electron chi connectivity index (χ1n) is 9.35. The second kappa shape index (κ2) is 7.83. The van der Waals surface area contributed by atoms with Gasteiger partial charge in [-0.25, -0.2) is 4.79 Å². The van der Waals surface area contributed by atoms with Crippen molar-refractivity contribution in [1.29, 1.82) is 5.26 Å². The summed E-state index contributed by atoms with van der Waals surface area (Å²) >= 11 is 0. The van der Waals surface area contributed by atoms with Crippen LogP contribution in [0.15, 0.2) is 27.4 Å². The number of amides is 1. The monoisotopic (exact) mass is 368 g/mol. The predicted molar refractivity (Wildman–Crippen MR) is 102 cm³/mol. The SMILES string of the molecule is CCc1cc(=O)oc2cc(C)cc(OC(C)C(=O)N3CCC(C#N)CC3)c12. The number of likely N-dealkylation sites (tertiary alicyclic amines) is 1. The molecule has 1 aromatic carbocycles. The Morgan fingerprint density at radius 2 is 2.07 bits per heavy atom. The summed E-state index contributed by atoms with van der Waals surface area (Å²) in [6.07, 6.45) is 1.40. The zero-order valence-corrected chi connectivity index (χ0v) is 15.9. The van der Waals surface area contributed by atoms with E-state index in [-0.39, 0.29) is 17.5 Å². The van der Waals surface area contributed by atoms with Crippen LogP contribution in [0.4, 0.5) is 0 Å². The van der Waals surface area contributed by atoms with Crippen LogP contribution in [-0.2, 0) is 11.2 Å². The molecule has 2 heterocycles. The Labute approximate surface area is 158 Å². The first kappa shape index (κ1) is 19.0. The van der Waals surface area contributed by atoms with E-state index in [0.717, 1.165) is 16.5 Å². The van der Waals surface area contributed by atoms with Gasteiger partial charge in [-0.3, -0.25) is 4.79 Å². The van der Waals surface area contributed by atoms with Crippen molar-refractivity contribution in [2.24, 2.45) is 5.92 Å². The Balaban J connectivity index is 1.86. The third-order valence-electron chi connectivity index (χ3n) is 5.06. The minimum absolute atomic E-state index is 0.0287. The molecule has 27 heavy (non-hydrogen) atoms. The highest BCUT2D eigenvalue weighted by atomic mass is 16.5. The summed E-state index contributed by atoms with van der Waals surface area (Å²) in [5.74, 6) is 0.496. The number of hydrogen-bond acceptors (Lipinski definition) is 5. The summed E-state index contributed by atoms with van der Waals surface area (Å²) in [5.41, 5.74) is 1.82. The highest BCUT2D eigenvalue weighted by Gasteiger charge is 2.27. The second-order valence-electron chi connectivity index (χ2n) is 7.07. The van der Waals surface area contributed by atoms with E-state index in [4.69, 9.17) is 14.4 Å². The van der Waals surface area contributed by atoms with Crippen LogP contribution < -0.4 is 10.4 Å². The molecule has 3 rings (SSSR count). The zero-order chi connectivity index (χ0) is 19.6. The molecule has 0 aliphatic carbocycles. The van der Waals surface area contributed by atoms with E-state index in [2.05, 4.69) is 6.07 Å². The molecule has 142 valence electrons. The summed E-state index contributed by atoms with van der Waals surface area (Å²) in [6, 6.07) is 7.42. The Morgan fingerprint density at radius 1 is 1.37 bits per heavy atom. The molecule has 1 aromatic heterocycles. The highest BCUT2D eigenvalue weighted by Crippen LogP contribution is 2.31. The maximum absolute atomic E-state index is 12.8. The van der Waals surface area contributed by atoms with E-state index in [9.17, 15) is 9.59 Å². The van der Waals surface area contributed by atoms with E-state index in [1.165, 1.54) is 6.07 Å². The van der Waals surface area contributed by atoms with Crippen LogP contribution in [-0.4, -0.2) is 30.0 Å². The van der Waals surface area contributed by atoms with Crippen molar-refractivity contribution in [2.75, 3.05) is 13.1 Å². The summed E-state index contributed by atoms with van der Waals surface area (Å²) in [5, 5.41) is 9.75. The number of fused-ring (bicyclic) bond motifs is 1. The smallest absolute Gasteiger partial charge is 0.336 e. The number of nitriles is 1. The molecule has 1 aliphatic rings. The van der Waals surface area contributed by atoms with Gasteiger partial charge < -0.3 is 14.1 Å². The van der Waals surface area contributed by atoms with Crippen molar-refractivity contribution < 1.29 is 13.9 Å². The number of piperidine rings is 1. The largest absolute Gasteiger partial charge is 0.480 e. The van der Waals surface area contributed by atoms with Crippen molar-refractivity contribution in [3.05, 3.63) is 39.7 Å². The van der Waals surface area contributed by atoms with Crippen LogP contribution in [0.3, 0.4) is 0 Å². The Bertz CT molecular complexity index is 949. The van der Waals surface area contributed by atoms with Gasteiger partial charge in [0.25, 0.3) is 5.91 Å². The van der Waals surface area contributed by atoms with E-state index < -0.39 is 6.10 Å². The average Bonchev–Trinajstić information content (AvgIpc) is 2.66. The highest BCUT2D eigenvalue weighted by molar-refractivity contribution is 5.88. The summed E-state index contributed by atoms with van der Waals surface area (Å²) in [4.78, 5) is 26.3. The number of ether oxygens (including phenoxy) is 1. The molecule has 1 atom stereocenters. The number of benzene rings is 1. The van der Waals surface area contributed by atoms with Crippen molar-refractivity contribution in [2.45, 2.75) is 46.1 Å². The van der Waals surface area contributed by atoms with E-state index >= 15 is 0 Å². The van der Waals surface area contributed by atoms with Crippen LogP contribution in [0.1, 0.15) is 37.8 Å². The standard InChI is InChI=1S/C21H24N2O4/c1-4-16-11-19(24)27-18-10-13(2)9-17(20(16)18)26-14(3)21(25)23-7-5-15(12-22)6-8-23/h9-11,14-15H,4-8H2,1-3H3. The quantitative estimate of drug-likeness (QED) is 0.774. The van der Waals surface area contributed by atoms with Gasteiger partial charge in [-0.05, 0) is 56.4 Å². The lowest BCUT2D eigenvalue weighted by molar-refractivity contribution is -0.139. The number of carbonyl (C=O) groups excluding carboxylic acids is 1. The van der Waals surface area contributed by atoms with Gasteiger partial charge in [0.05, 0.1) is 11.5 Å². The Hall–Kier alpha value is -2.81.